The Kier molecular flexibility index (Phi) is 4.44. The molecule has 2 atom stereocenters. The van der Waals surface area contributed by atoms with Crippen LogP contribution < -0.4 is 0 Å². The maximum Gasteiger partial charge on any atom is 0.157 e. The minimum Gasteiger partial charge on any atom is -0.295 e. The largest absolute Gasteiger partial charge is 0.295 e. The van der Waals surface area contributed by atoms with E-state index in [4.69, 9.17) is 0 Å². The lowest BCUT2D eigenvalue weighted by atomic mass is 10.1. The first-order valence-corrected chi connectivity index (χ1v) is 6.92. The number of hydrogen-bond acceptors (Lipinski definition) is 2. The third-order valence-corrected chi connectivity index (χ3v) is 4.49. The van der Waals surface area contributed by atoms with Gasteiger partial charge < -0.3 is 0 Å². The first-order chi connectivity index (χ1) is 7.79. The van der Waals surface area contributed by atoms with Gasteiger partial charge in [0.25, 0.3) is 0 Å². The summed E-state index contributed by atoms with van der Waals surface area (Å²) in [5, 5.41) is 0. The van der Waals surface area contributed by atoms with Crippen LogP contribution in [0.5, 0.6) is 0 Å². The molecule has 0 saturated heterocycles. The molecule has 3 nitrogen and oxygen atoms in total. The molecule has 0 amide bonds. The Balaban J connectivity index is 2.99. The van der Waals surface area contributed by atoms with Crippen LogP contribution in [0, 0.1) is 0 Å². The third kappa shape index (κ3) is 3.13. The number of nitrogens with zero attached hydrogens (tertiary/aromatic N) is 1. The van der Waals surface area contributed by atoms with Crippen LogP contribution in [0.3, 0.4) is 0 Å². The zero-order valence-corrected chi connectivity index (χ0v) is 12.0. The van der Waals surface area contributed by atoms with Gasteiger partial charge in [0.05, 0.1) is 10.8 Å². The molecule has 1 heterocycles. The Bertz CT molecular complexity index is 391. The van der Waals surface area contributed by atoms with Crippen LogP contribution in [-0.4, -0.2) is 31.6 Å². The van der Waals surface area contributed by atoms with Gasteiger partial charge in [-0.1, -0.05) is 18.2 Å². The lowest BCUT2D eigenvalue weighted by Crippen LogP contribution is -2.41. The highest BCUT2D eigenvalue weighted by atomic mass is 32.2. The lowest BCUT2D eigenvalue weighted by Gasteiger charge is -2.29. The molecule has 0 saturated carbocycles. The van der Waals surface area contributed by atoms with Gasteiger partial charge in [0.2, 0.25) is 0 Å². The Morgan fingerprint density at radius 3 is 2.53 bits per heavy atom. The topological polar surface area (TPSA) is 37.4 Å². The van der Waals surface area contributed by atoms with E-state index >= 15 is 0 Å². The van der Waals surface area contributed by atoms with E-state index in [9.17, 15) is 9.00 Å². The Labute approximate surface area is 106 Å². The van der Waals surface area contributed by atoms with Crippen molar-refractivity contribution in [3.05, 3.63) is 23.8 Å². The molecule has 0 spiro atoms. The fourth-order valence-corrected chi connectivity index (χ4v) is 3.14. The monoisotopic (exact) mass is 255 g/mol. The molecule has 4 heteroatoms. The van der Waals surface area contributed by atoms with E-state index in [1.807, 2.05) is 50.2 Å². The summed E-state index contributed by atoms with van der Waals surface area (Å²) in [6.45, 7) is 9.89. The Morgan fingerprint density at radius 1 is 1.53 bits per heavy atom. The molecule has 0 bridgehead atoms. The molecule has 96 valence electrons. The second-order valence-corrected chi connectivity index (χ2v) is 7.34. The van der Waals surface area contributed by atoms with Crippen LogP contribution in [0.1, 0.15) is 34.6 Å². The van der Waals surface area contributed by atoms with Crippen LogP contribution in [0.25, 0.3) is 0 Å². The molecule has 0 radical (unpaired) electrons. The van der Waals surface area contributed by atoms with Crippen molar-refractivity contribution >= 4 is 16.8 Å². The number of allylic oxidation sites excluding steroid dienone is 1. The minimum atomic E-state index is -1.10. The molecular weight excluding hydrogens is 234 g/mol. The van der Waals surface area contributed by atoms with Crippen molar-refractivity contribution in [2.45, 2.75) is 45.4 Å². The van der Waals surface area contributed by atoms with Crippen molar-refractivity contribution in [2.75, 3.05) is 6.54 Å². The van der Waals surface area contributed by atoms with Gasteiger partial charge in [-0.05, 0) is 34.6 Å². The first-order valence-electron chi connectivity index (χ1n) is 5.81. The van der Waals surface area contributed by atoms with Gasteiger partial charge >= 0.3 is 0 Å². The van der Waals surface area contributed by atoms with Crippen molar-refractivity contribution in [2.24, 2.45) is 0 Å². The summed E-state index contributed by atoms with van der Waals surface area (Å²) in [6, 6.07) is -0.141. The van der Waals surface area contributed by atoms with Crippen molar-refractivity contribution < 1.29 is 9.00 Å². The minimum absolute atomic E-state index is 0.0570. The molecule has 1 aliphatic heterocycles. The number of carbonyl (C=O) groups is 1. The summed E-state index contributed by atoms with van der Waals surface area (Å²) in [5.41, 5.74) is 0.751. The molecule has 0 aromatic heterocycles. The molecule has 0 fully saturated rings. The van der Waals surface area contributed by atoms with Gasteiger partial charge in [0.15, 0.2) is 5.78 Å². The van der Waals surface area contributed by atoms with E-state index in [1.165, 1.54) is 0 Å². The Hall–Kier alpha value is -0.740. The highest BCUT2D eigenvalue weighted by Crippen LogP contribution is 2.27. The van der Waals surface area contributed by atoms with Crippen molar-refractivity contribution in [1.29, 1.82) is 0 Å². The summed E-state index contributed by atoms with van der Waals surface area (Å²) < 4.78 is 13.9. The van der Waals surface area contributed by atoms with E-state index in [1.54, 1.807) is 6.92 Å². The fourth-order valence-electron chi connectivity index (χ4n) is 1.83. The summed E-state index contributed by atoms with van der Waals surface area (Å²) in [5.74, 6) is 0.0570. The average Bonchev–Trinajstić information content (AvgIpc) is 2.59. The summed E-state index contributed by atoms with van der Waals surface area (Å²) in [4.78, 5) is 11.5. The van der Waals surface area contributed by atoms with Crippen molar-refractivity contribution in [3.8, 4) is 0 Å². The highest BCUT2D eigenvalue weighted by Gasteiger charge is 2.35. The van der Waals surface area contributed by atoms with Gasteiger partial charge in [0, 0.05) is 12.1 Å². The van der Waals surface area contributed by atoms with Gasteiger partial charge in [0.1, 0.15) is 11.0 Å². The average molecular weight is 255 g/mol. The second-order valence-electron chi connectivity index (χ2n) is 5.15. The van der Waals surface area contributed by atoms with Crippen molar-refractivity contribution in [3.63, 3.8) is 0 Å². The summed E-state index contributed by atoms with van der Waals surface area (Å²) in [6.07, 6.45) is 5.72. The molecule has 0 aromatic carbocycles. The molecular formula is C13H21NO2S. The maximum absolute atomic E-state index is 12.4. The second kappa shape index (κ2) is 5.27. The van der Waals surface area contributed by atoms with E-state index < -0.39 is 11.0 Å². The van der Waals surface area contributed by atoms with Crippen LogP contribution in [0.4, 0.5) is 0 Å². The van der Waals surface area contributed by atoms with Gasteiger partial charge in [-0.15, -0.1) is 0 Å². The molecule has 17 heavy (non-hydrogen) atoms. The molecule has 0 aromatic rings. The fraction of sp³-hybridized carbons (Fsp3) is 0.615. The normalized spacial score (nSPS) is 24.1. The SMILES string of the molecule is C/C=C/[C@H]1C(C(C)=O)=CCN1[S@@](=O)C(C)(C)C. The highest BCUT2D eigenvalue weighted by molar-refractivity contribution is 7.84. The van der Waals surface area contributed by atoms with E-state index in [0.29, 0.717) is 6.54 Å². The quantitative estimate of drug-likeness (QED) is 0.725. The standard InChI is InChI=1S/C13H21NO2S/c1-6-7-12-11(10(2)15)8-9-14(12)17(16)13(3,4)5/h6-8,12H,9H2,1-5H3/b7-6+/t12-,17-/m0/s1. The number of hydrogen-bond donors (Lipinski definition) is 0. The zero-order chi connectivity index (χ0) is 13.2. The Morgan fingerprint density at radius 2 is 2.12 bits per heavy atom. The first kappa shape index (κ1) is 14.3. The van der Waals surface area contributed by atoms with Crippen LogP contribution in [0.2, 0.25) is 0 Å². The predicted octanol–water partition coefficient (Wildman–Crippen LogP) is 2.22. The zero-order valence-electron chi connectivity index (χ0n) is 11.2. The van der Waals surface area contributed by atoms with Crippen LogP contribution >= 0.6 is 0 Å². The van der Waals surface area contributed by atoms with E-state index in [0.717, 1.165) is 5.57 Å². The van der Waals surface area contributed by atoms with Gasteiger partial charge in [-0.3, -0.25) is 4.79 Å². The smallest absolute Gasteiger partial charge is 0.157 e. The van der Waals surface area contributed by atoms with Gasteiger partial charge in [-0.2, -0.15) is 0 Å². The third-order valence-electron chi connectivity index (χ3n) is 2.64. The van der Waals surface area contributed by atoms with Crippen LogP contribution in [-0.2, 0) is 15.8 Å². The number of ketones is 1. The van der Waals surface area contributed by atoms with E-state index in [2.05, 4.69) is 0 Å². The molecule has 0 N–H and O–H groups in total. The number of carbonyl (C=O) groups excluding carboxylic acids is 1. The molecule has 0 unspecified atom stereocenters. The van der Waals surface area contributed by atoms with Crippen molar-refractivity contribution in [1.82, 2.24) is 4.31 Å². The number of Topliss-reactive ketones (excluding diaryl/α,β-unsaturated/α-hetero) is 1. The molecule has 1 aliphatic rings. The maximum atomic E-state index is 12.4. The predicted molar refractivity (Wildman–Crippen MR) is 72.0 cm³/mol. The van der Waals surface area contributed by atoms with E-state index in [-0.39, 0.29) is 16.6 Å². The van der Waals surface area contributed by atoms with Crippen LogP contribution in [0.15, 0.2) is 23.8 Å². The number of rotatable bonds is 3. The molecule has 0 aliphatic carbocycles. The molecule has 1 rings (SSSR count). The summed E-state index contributed by atoms with van der Waals surface area (Å²) in [7, 11) is -1.10. The van der Waals surface area contributed by atoms with Gasteiger partial charge in [-0.25, -0.2) is 8.51 Å². The lowest BCUT2D eigenvalue weighted by molar-refractivity contribution is -0.113. The summed E-state index contributed by atoms with van der Waals surface area (Å²) >= 11 is 0.